The van der Waals surface area contributed by atoms with Crippen LogP contribution in [0.3, 0.4) is 0 Å². The van der Waals surface area contributed by atoms with Crippen molar-refractivity contribution >= 4 is 23.3 Å². The van der Waals surface area contributed by atoms with Crippen molar-refractivity contribution in [3.63, 3.8) is 0 Å². The third kappa shape index (κ3) is 4.44. The van der Waals surface area contributed by atoms with Crippen molar-refractivity contribution in [3.8, 4) is 0 Å². The highest BCUT2D eigenvalue weighted by Crippen LogP contribution is 2.28. The number of nitrogens with one attached hydrogen (secondary N) is 1. The number of rotatable bonds is 7. The second kappa shape index (κ2) is 7.22. The van der Waals surface area contributed by atoms with Gasteiger partial charge in [-0.25, -0.2) is 0 Å². The molecule has 0 bridgehead atoms. The largest absolute Gasteiger partial charge is 0.481 e. The molecule has 0 spiro atoms. The Labute approximate surface area is 121 Å². The first-order valence-electron chi connectivity index (χ1n) is 6.30. The van der Waals surface area contributed by atoms with Gasteiger partial charge in [0.15, 0.2) is 0 Å². The van der Waals surface area contributed by atoms with Crippen LogP contribution in [0.4, 0.5) is 11.4 Å². The van der Waals surface area contributed by atoms with Crippen LogP contribution in [-0.2, 0) is 4.79 Å². The maximum Gasteiger partial charge on any atom is 0.303 e. The lowest BCUT2D eigenvalue weighted by Gasteiger charge is -2.19. The summed E-state index contributed by atoms with van der Waals surface area (Å²) >= 11 is 0. The molecule has 0 heterocycles. The van der Waals surface area contributed by atoms with E-state index in [-0.39, 0.29) is 17.7 Å². The van der Waals surface area contributed by atoms with Gasteiger partial charge in [0, 0.05) is 38.7 Å². The van der Waals surface area contributed by atoms with E-state index in [1.807, 2.05) is 0 Å². The van der Waals surface area contributed by atoms with Crippen molar-refractivity contribution < 1.29 is 19.6 Å². The van der Waals surface area contributed by atoms with E-state index in [1.54, 1.807) is 11.9 Å². The van der Waals surface area contributed by atoms with E-state index in [0.29, 0.717) is 18.7 Å². The molecule has 0 saturated heterocycles. The summed E-state index contributed by atoms with van der Waals surface area (Å²) < 4.78 is 0. The van der Waals surface area contributed by atoms with Gasteiger partial charge in [-0.05, 0) is 18.6 Å². The number of nitro benzene ring substituents is 1. The molecule has 8 heteroatoms. The molecule has 21 heavy (non-hydrogen) atoms. The number of carbonyl (C=O) groups is 2. The molecule has 0 saturated carbocycles. The van der Waals surface area contributed by atoms with Crippen LogP contribution in [0.1, 0.15) is 23.2 Å². The number of aliphatic carboxylic acids is 1. The van der Waals surface area contributed by atoms with E-state index in [4.69, 9.17) is 5.11 Å². The molecule has 1 rings (SSSR count). The van der Waals surface area contributed by atoms with Crippen LogP contribution in [0, 0.1) is 10.1 Å². The van der Waals surface area contributed by atoms with E-state index in [2.05, 4.69) is 5.32 Å². The highest BCUT2D eigenvalue weighted by atomic mass is 16.6. The Morgan fingerprint density at radius 2 is 2.10 bits per heavy atom. The fourth-order valence-corrected chi connectivity index (χ4v) is 1.87. The minimum Gasteiger partial charge on any atom is -0.481 e. The average molecular weight is 295 g/mol. The van der Waals surface area contributed by atoms with Crippen LogP contribution in [0.15, 0.2) is 18.2 Å². The summed E-state index contributed by atoms with van der Waals surface area (Å²) in [5, 5.41) is 22.1. The second-order valence-corrected chi connectivity index (χ2v) is 4.46. The van der Waals surface area contributed by atoms with Crippen LogP contribution >= 0.6 is 0 Å². The van der Waals surface area contributed by atoms with E-state index in [9.17, 15) is 19.7 Å². The molecule has 0 fully saturated rings. The highest BCUT2D eigenvalue weighted by molar-refractivity contribution is 5.95. The Kier molecular flexibility index (Phi) is 5.65. The Bertz CT molecular complexity index is 559. The molecule has 1 amide bonds. The smallest absolute Gasteiger partial charge is 0.303 e. The molecule has 114 valence electrons. The fraction of sp³-hybridized carbons (Fsp3) is 0.385. The van der Waals surface area contributed by atoms with Crippen LogP contribution in [0.2, 0.25) is 0 Å². The first-order valence-corrected chi connectivity index (χ1v) is 6.30. The molecule has 0 aromatic heterocycles. The van der Waals surface area contributed by atoms with E-state index in [1.165, 1.54) is 25.2 Å². The van der Waals surface area contributed by atoms with Crippen LogP contribution < -0.4 is 10.2 Å². The van der Waals surface area contributed by atoms with E-state index >= 15 is 0 Å². The molecule has 1 aromatic rings. The molecule has 0 aliphatic carbocycles. The summed E-state index contributed by atoms with van der Waals surface area (Å²) in [6.07, 6.45) is 0.370. The molecule has 0 aliphatic heterocycles. The van der Waals surface area contributed by atoms with Crippen LogP contribution in [0.25, 0.3) is 0 Å². The molecule has 0 unspecified atom stereocenters. The number of benzene rings is 1. The van der Waals surface area contributed by atoms with Crippen LogP contribution in [-0.4, -0.2) is 42.5 Å². The summed E-state index contributed by atoms with van der Waals surface area (Å²) in [4.78, 5) is 34.1. The lowest BCUT2D eigenvalue weighted by molar-refractivity contribution is -0.384. The number of amides is 1. The standard InChI is InChI=1S/C13H17N3O5/c1-14-13(19)9-5-6-10(11(8-9)16(20)21)15(2)7-3-4-12(17)18/h5-6,8H,3-4,7H2,1-2H3,(H,14,19)(H,17,18). The van der Waals surface area contributed by atoms with Crippen molar-refractivity contribution in [2.24, 2.45) is 0 Å². The molecule has 0 atom stereocenters. The quantitative estimate of drug-likeness (QED) is 0.578. The van der Waals surface area contributed by atoms with Gasteiger partial charge >= 0.3 is 5.97 Å². The van der Waals surface area contributed by atoms with E-state index < -0.39 is 16.8 Å². The average Bonchev–Trinajstić information content (AvgIpc) is 2.45. The van der Waals surface area contributed by atoms with Gasteiger partial charge in [0.05, 0.1) is 4.92 Å². The summed E-state index contributed by atoms with van der Waals surface area (Å²) in [6.45, 7) is 0.368. The number of carboxylic acid groups (broad SMARTS) is 1. The molecular formula is C13H17N3O5. The summed E-state index contributed by atoms with van der Waals surface area (Å²) in [5.74, 6) is -1.31. The molecule has 0 radical (unpaired) electrons. The Morgan fingerprint density at radius 1 is 1.43 bits per heavy atom. The Morgan fingerprint density at radius 3 is 2.62 bits per heavy atom. The summed E-state index contributed by atoms with van der Waals surface area (Å²) in [7, 11) is 3.09. The number of hydrogen-bond acceptors (Lipinski definition) is 5. The number of nitrogens with zero attached hydrogens (tertiary/aromatic N) is 2. The Balaban J connectivity index is 2.97. The van der Waals surface area contributed by atoms with Gasteiger partial charge < -0.3 is 15.3 Å². The number of nitro groups is 1. The van der Waals surface area contributed by atoms with Crippen molar-refractivity contribution in [2.75, 3.05) is 25.5 Å². The van der Waals surface area contributed by atoms with Gasteiger partial charge in [-0.1, -0.05) is 0 Å². The lowest BCUT2D eigenvalue weighted by Crippen LogP contribution is -2.22. The normalized spacial score (nSPS) is 10.0. The van der Waals surface area contributed by atoms with E-state index in [0.717, 1.165) is 0 Å². The van der Waals surface area contributed by atoms with Gasteiger partial charge in [-0.15, -0.1) is 0 Å². The third-order valence-corrected chi connectivity index (χ3v) is 2.96. The van der Waals surface area contributed by atoms with Gasteiger partial charge in [-0.2, -0.15) is 0 Å². The van der Waals surface area contributed by atoms with Crippen molar-refractivity contribution in [3.05, 3.63) is 33.9 Å². The second-order valence-electron chi connectivity index (χ2n) is 4.46. The number of anilines is 1. The highest BCUT2D eigenvalue weighted by Gasteiger charge is 2.19. The lowest BCUT2D eigenvalue weighted by atomic mass is 10.1. The fourth-order valence-electron chi connectivity index (χ4n) is 1.87. The van der Waals surface area contributed by atoms with Gasteiger partial charge in [0.1, 0.15) is 5.69 Å². The predicted molar refractivity (Wildman–Crippen MR) is 76.6 cm³/mol. The first-order chi connectivity index (χ1) is 9.86. The number of hydrogen-bond donors (Lipinski definition) is 2. The van der Waals surface area contributed by atoms with Crippen molar-refractivity contribution in [1.82, 2.24) is 5.32 Å². The maximum absolute atomic E-state index is 11.5. The Hall–Kier alpha value is -2.64. The van der Waals surface area contributed by atoms with Gasteiger partial charge in [0.25, 0.3) is 11.6 Å². The monoisotopic (exact) mass is 295 g/mol. The number of carboxylic acids is 1. The minimum atomic E-state index is -0.909. The topological polar surface area (TPSA) is 113 Å². The molecule has 1 aromatic carbocycles. The molecule has 8 nitrogen and oxygen atoms in total. The molecule has 2 N–H and O–H groups in total. The minimum absolute atomic E-state index is 0.00549. The zero-order valence-corrected chi connectivity index (χ0v) is 11.8. The maximum atomic E-state index is 11.5. The van der Waals surface area contributed by atoms with Gasteiger partial charge in [0.2, 0.25) is 0 Å². The predicted octanol–water partition coefficient (Wildman–Crippen LogP) is 1.26. The molecule has 0 aliphatic rings. The van der Waals surface area contributed by atoms with Crippen LogP contribution in [0.5, 0.6) is 0 Å². The molecular weight excluding hydrogens is 278 g/mol. The van der Waals surface area contributed by atoms with Crippen molar-refractivity contribution in [1.29, 1.82) is 0 Å². The number of carbonyl (C=O) groups excluding carboxylic acids is 1. The summed E-state index contributed by atoms with van der Waals surface area (Å²) in [5.41, 5.74) is 0.360. The zero-order valence-electron chi connectivity index (χ0n) is 11.8. The van der Waals surface area contributed by atoms with Crippen molar-refractivity contribution in [2.45, 2.75) is 12.8 Å². The first kappa shape index (κ1) is 16.4. The van der Waals surface area contributed by atoms with Gasteiger partial charge in [-0.3, -0.25) is 19.7 Å². The SMILES string of the molecule is CNC(=O)c1ccc(N(C)CCCC(=O)O)c([N+](=O)[O-])c1. The summed E-state index contributed by atoms with van der Waals surface area (Å²) in [6, 6.07) is 4.19. The zero-order chi connectivity index (χ0) is 16.0. The third-order valence-electron chi connectivity index (χ3n) is 2.96.